The summed E-state index contributed by atoms with van der Waals surface area (Å²) in [7, 11) is 0. The monoisotopic (exact) mass is 169 g/mol. The molecule has 2 N–H and O–H groups in total. The van der Waals surface area contributed by atoms with E-state index in [2.05, 4.69) is 11.9 Å². The number of nitrogens with one attached hydrogen (secondary N) is 1. The molecule has 1 rings (SSSR count). The summed E-state index contributed by atoms with van der Waals surface area (Å²) in [4.78, 5) is 10.8. The number of hydrogen-bond acceptors (Lipinski definition) is 2. The van der Waals surface area contributed by atoms with E-state index in [4.69, 9.17) is 5.11 Å². The van der Waals surface area contributed by atoms with Crippen molar-refractivity contribution >= 4 is 5.97 Å². The molecule has 0 aromatic rings. The Kier molecular flexibility index (Phi) is 2.87. The fourth-order valence-electron chi connectivity index (χ4n) is 1.73. The number of carboxylic acid groups (broad SMARTS) is 1. The van der Waals surface area contributed by atoms with E-state index in [1.165, 1.54) is 0 Å². The number of rotatable bonds is 3. The van der Waals surface area contributed by atoms with Crippen molar-refractivity contribution in [3.05, 3.63) is 12.2 Å². The van der Waals surface area contributed by atoms with Gasteiger partial charge in [0, 0.05) is 6.04 Å². The van der Waals surface area contributed by atoms with Gasteiger partial charge in [0.2, 0.25) is 0 Å². The van der Waals surface area contributed by atoms with Gasteiger partial charge in [0.1, 0.15) is 0 Å². The fourth-order valence-corrected chi connectivity index (χ4v) is 1.73. The minimum absolute atomic E-state index is 0.0972. The summed E-state index contributed by atoms with van der Waals surface area (Å²) in [6.07, 6.45) is 1.44. The smallest absolute Gasteiger partial charge is 0.308 e. The maximum absolute atomic E-state index is 10.8. The highest BCUT2D eigenvalue weighted by molar-refractivity contribution is 5.72. The minimum Gasteiger partial charge on any atom is -0.481 e. The first-order valence-corrected chi connectivity index (χ1v) is 4.28. The number of carboxylic acids is 1. The first-order valence-electron chi connectivity index (χ1n) is 4.28. The Morgan fingerprint density at radius 1 is 1.75 bits per heavy atom. The summed E-state index contributed by atoms with van der Waals surface area (Å²) in [6, 6.07) is 0.0972. The second-order valence-corrected chi connectivity index (χ2v) is 3.27. The summed E-state index contributed by atoms with van der Waals surface area (Å²) < 4.78 is 0. The SMILES string of the molecule is C=C1C[C@H](NCC)[C@H](C(=O)O)C1. The molecular formula is C9H15NO2. The van der Waals surface area contributed by atoms with Gasteiger partial charge in [-0.2, -0.15) is 0 Å². The molecule has 0 amide bonds. The van der Waals surface area contributed by atoms with Crippen LogP contribution < -0.4 is 5.32 Å². The topological polar surface area (TPSA) is 49.3 Å². The molecular weight excluding hydrogens is 154 g/mol. The van der Waals surface area contributed by atoms with Crippen molar-refractivity contribution in [1.29, 1.82) is 0 Å². The molecule has 1 fully saturated rings. The quantitative estimate of drug-likeness (QED) is 0.620. The highest BCUT2D eigenvalue weighted by Gasteiger charge is 2.33. The molecule has 2 atom stereocenters. The first kappa shape index (κ1) is 9.26. The van der Waals surface area contributed by atoms with Gasteiger partial charge in [0.15, 0.2) is 0 Å². The van der Waals surface area contributed by atoms with Crippen LogP contribution in [-0.2, 0) is 4.79 Å². The van der Waals surface area contributed by atoms with Crippen LogP contribution in [0.3, 0.4) is 0 Å². The van der Waals surface area contributed by atoms with Gasteiger partial charge in [-0.25, -0.2) is 0 Å². The second kappa shape index (κ2) is 3.72. The van der Waals surface area contributed by atoms with Gasteiger partial charge in [-0.15, -0.1) is 0 Å². The number of carbonyl (C=O) groups is 1. The van der Waals surface area contributed by atoms with E-state index in [1.807, 2.05) is 6.92 Å². The highest BCUT2D eigenvalue weighted by atomic mass is 16.4. The summed E-state index contributed by atoms with van der Waals surface area (Å²) in [5.74, 6) is -0.975. The fraction of sp³-hybridized carbons (Fsp3) is 0.667. The summed E-state index contributed by atoms with van der Waals surface area (Å²) in [5.41, 5.74) is 1.05. The molecule has 0 aromatic carbocycles. The Morgan fingerprint density at radius 2 is 2.42 bits per heavy atom. The van der Waals surface area contributed by atoms with E-state index in [-0.39, 0.29) is 12.0 Å². The molecule has 0 bridgehead atoms. The Bertz CT molecular complexity index is 201. The van der Waals surface area contributed by atoms with Crippen molar-refractivity contribution < 1.29 is 9.90 Å². The van der Waals surface area contributed by atoms with E-state index >= 15 is 0 Å². The molecule has 0 aromatic heterocycles. The van der Waals surface area contributed by atoms with Crippen molar-refractivity contribution in [1.82, 2.24) is 5.32 Å². The van der Waals surface area contributed by atoms with Crippen LogP contribution in [0.1, 0.15) is 19.8 Å². The molecule has 0 aliphatic heterocycles. The summed E-state index contributed by atoms with van der Waals surface area (Å²) >= 11 is 0. The third kappa shape index (κ3) is 1.85. The van der Waals surface area contributed by atoms with Crippen LogP contribution in [0.5, 0.6) is 0 Å². The highest BCUT2D eigenvalue weighted by Crippen LogP contribution is 2.29. The van der Waals surface area contributed by atoms with Gasteiger partial charge in [0.25, 0.3) is 0 Å². The lowest BCUT2D eigenvalue weighted by Crippen LogP contribution is -2.35. The second-order valence-electron chi connectivity index (χ2n) is 3.27. The first-order chi connectivity index (χ1) is 5.65. The summed E-state index contributed by atoms with van der Waals surface area (Å²) in [5, 5.41) is 12.0. The normalized spacial score (nSPS) is 29.2. The number of hydrogen-bond donors (Lipinski definition) is 2. The van der Waals surface area contributed by atoms with Gasteiger partial charge in [-0.3, -0.25) is 4.79 Å². The number of aliphatic carboxylic acids is 1. The van der Waals surface area contributed by atoms with Crippen molar-refractivity contribution in [3.63, 3.8) is 0 Å². The van der Waals surface area contributed by atoms with Crippen LogP contribution >= 0.6 is 0 Å². The third-order valence-corrected chi connectivity index (χ3v) is 2.29. The van der Waals surface area contributed by atoms with Crippen LogP contribution in [0.4, 0.5) is 0 Å². The molecule has 0 radical (unpaired) electrons. The van der Waals surface area contributed by atoms with Gasteiger partial charge in [-0.05, 0) is 19.4 Å². The van der Waals surface area contributed by atoms with Crippen molar-refractivity contribution in [2.75, 3.05) is 6.54 Å². The average Bonchev–Trinajstić information content (AvgIpc) is 2.32. The van der Waals surface area contributed by atoms with Gasteiger partial charge < -0.3 is 10.4 Å². The minimum atomic E-state index is -0.709. The zero-order chi connectivity index (χ0) is 9.14. The predicted molar refractivity (Wildman–Crippen MR) is 47.0 cm³/mol. The van der Waals surface area contributed by atoms with Gasteiger partial charge >= 0.3 is 5.97 Å². The Morgan fingerprint density at radius 3 is 2.92 bits per heavy atom. The molecule has 1 saturated carbocycles. The maximum atomic E-state index is 10.8. The standard InChI is InChI=1S/C9H15NO2/c1-3-10-8-5-6(2)4-7(8)9(11)12/h7-8,10H,2-5H2,1H3,(H,11,12)/t7-,8+/m1/s1. The van der Waals surface area contributed by atoms with Crippen LogP contribution in [-0.4, -0.2) is 23.7 Å². The lowest BCUT2D eigenvalue weighted by atomic mass is 10.0. The van der Waals surface area contributed by atoms with E-state index in [9.17, 15) is 4.79 Å². The lowest BCUT2D eigenvalue weighted by Gasteiger charge is -2.15. The van der Waals surface area contributed by atoms with Crippen LogP contribution in [0.25, 0.3) is 0 Å². The van der Waals surface area contributed by atoms with Gasteiger partial charge in [-0.1, -0.05) is 19.1 Å². The molecule has 0 heterocycles. The predicted octanol–water partition coefficient (Wildman–Crippen LogP) is 1.02. The van der Waals surface area contributed by atoms with Crippen LogP contribution in [0.2, 0.25) is 0 Å². The molecule has 3 nitrogen and oxygen atoms in total. The van der Waals surface area contributed by atoms with Crippen molar-refractivity contribution in [2.45, 2.75) is 25.8 Å². The zero-order valence-corrected chi connectivity index (χ0v) is 7.34. The van der Waals surface area contributed by atoms with E-state index in [0.717, 1.165) is 18.5 Å². The molecule has 12 heavy (non-hydrogen) atoms. The van der Waals surface area contributed by atoms with Crippen molar-refractivity contribution in [2.24, 2.45) is 5.92 Å². The maximum Gasteiger partial charge on any atom is 0.308 e. The van der Waals surface area contributed by atoms with Crippen LogP contribution in [0, 0.1) is 5.92 Å². The average molecular weight is 169 g/mol. The molecule has 68 valence electrons. The molecule has 3 heteroatoms. The Balaban J connectivity index is 2.59. The van der Waals surface area contributed by atoms with Crippen LogP contribution in [0.15, 0.2) is 12.2 Å². The molecule has 0 unspecified atom stereocenters. The van der Waals surface area contributed by atoms with E-state index < -0.39 is 5.97 Å². The Labute approximate surface area is 72.5 Å². The lowest BCUT2D eigenvalue weighted by molar-refractivity contribution is -0.142. The zero-order valence-electron chi connectivity index (χ0n) is 7.34. The van der Waals surface area contributed by atoms with E-state index in [1.54, 1.807) is 0 Å². The van der Waals surface area contributed by atoms with Gasteiger partial charge in [0.05, 0.1) is 5.92 Å². The molecule has 1 aliphatic rings. The molecule has 0 spiro atoms. The Hall–Kier alpha value is -0.830. The third-order valence-electron chi connectivity index (χ3n) is 2.29. The summed E-state index contributed by atoms with van der Waals surface area (Å²) in [6.45, 7) is 6.62. The van der Waals surface area contributed by atoms with E-state index in [0.29, 0.717) is 6.42 Å². The molecule has 1 aliphatic carbocycles. The largest absolute Gasteiger partial charge is 0.481 e. The molecule has 0 saturated heterocycles. The van der Waals surface area contributed by atoms with Crippen molar-refractivity contribution in [3.8, 4) is 0 Å².